The summed E-state index contributed by atoms with van der Waals surface area (Å²) in [6, 6.07) is 8.99. The van der Waals surface area contributed by atoms with Gasteiger partial charge in [0.1, 0.15) is 18.3 Å². The van der Waals surface area contributed by atoms with Crippen LogP contribution in [0.5, 0.6) is 0 Å². The normalized spacial score (nSPS) is 23.1. The van der Waals surface area contributed by atoms with Crippen LogP contribution in [0.15, 0.2) is 56.5 Å². The van der Waals surface area contributed by atoms with Crippen LogP contribution in [0.4, 0.5) is 10.1 Å². The number of nitrogens with zero attached hydrogens (tertiary/aromatic N) is 3. The first kappa shape index (κ1) is 23.8. The molecule has 4 rings (SSSR count). The summed E-state index contributed by atoms with van der Waals surface area (Å²) in [5, 5.41) is 8.03. The maximum absolute atomic E-state index is 14.5. The highest BCUT2D eigenvalue weighted by Crippen LogP contribution is 2.44. The van der Waals surface area contributed by atoms with Crippen LogP contribution >= 0.6 is 11.6 Å². The van der Waals surface area contributed by atoms with Crippen molar-refractivity contribution in [3.05, 3.63) is 58.4 Å². The van der Waals surface area contributed by atoms with E-state index in [9.17, 15) is 12.8 Å². The van der Waals surface area contributed by atoms with Crippen LogP contribution in [0.2, 0.25) is 5.02 Å². The Balaban J connectivity index is 1.76. The van der Waals surface area contributed by atoms with E-state index >= 15 is 0 Å². The maximum atomic E-state index is 14.5. The first-order valence-electron chi connectivity index (χ1n) is 10.7. The molecule has 2 unspecified atom stereocenters. The number of anilines is 1. The Morgan fingerprint density at radius 3 is 2.48 bits per heavy atom. The molecular weight excluding hydrogens is 467 g/mol. The molecule has 2 aliphatic heterocycles. The van der Waals surface area contributed by atoms with E-state index < -0.39 is 27.6 Å². The van der Waals surface area contributed by atoms with Crippen molar-refractivity contribution in [2.45, 2.75) is 62.1 Å². The highest BCUT2D eigenvalue weighted by atomic mass is 35.5. The molecule has 2 heterocycles. The number of azo groups is 1. The van der Waals surface area contributed by atoms with Crippen molar-refractivity contribution in [2.24, 2.45) is 15.2 Å². The summed E-state index contributed by atoms with van der Waals surface area (Å²) in [7, 11) is -4.04. The molecule has 0 radical (unpaired) electrons. The Labute approximate surface area is 198 Å². The summed E-state index contributed by atoms with van der Waals surface area (Å²) in [6.45, 7) is 6.65. The molecule has 2 aliphatic rings. The largest absolute Gasteiger partial charge is 0.373 e. The van der Waals surface area contributed by atoms with Crippen molar-refractivity contribution in [2.75, 3.05) is 11.3 Å². The zero-order chi connectivity index (χ0) is 23.9. The zero-order valence-electron chi connectivity index (χ0n) is 18.7. The monoisotopic (exact) mass is 492 g/mol. The molecule has 1 fully saturated rings. The third-order valence-electron chi connectivity index (χ3n) is 5.88. The van der Waals surface area contributed by atoms with E-state index in [1.807, 2.05) is 20.8 Å². The minimum Gasteiger partial charge on any atom is -0.373 e. The average Bonchev–Trinajstić information content (AvgIpc) is 3.27. The minimum atomic E-state index is -4.04. The van der Waals surface area contributed by atoms with Gasteiger partial charge in [-0.1, -0.05) is 44.5 Å². The average molecular weight is 493 g/mol. The fourth-order valence-corrected chi connectivity index (χ4v) is 5.26. The van der Waals surface area contributed by atoms with E-state index in [0.717, 1.165) is 24.5 Å². The molecule has 33 heavy (non-hydrogen) atoms. The van der Waals surface area contributed by atoms with Crippen molar-refractivity contribution in [3.63, 3.8) is 0 Å². The van der Waals surface area contributed by atoms with Gasteiger partial charge in [0.15, 0.2) is 0 Å². The van der Waals surface area contributed by atoms with E-state index in [-0.39, 0.29) is 26.6 Å². The van der Waals surface area contributed by atoms with Gasteiger partial charge >= 0.3 is 0 Å². The lowest BCUT2D eigenvalue weighted by atomic mass is 9.87. The third kappa shape index (κ3) is 4.67. The lowest BCUT2D eigenvalue weighted by Crippen LogP contribution is -2.40. The van der Waals surface area contributed by atoms with Gasteiger partial charge in [0.25, 0.3) is 10.0 Å². The lowest BCUT2D eigenvalue weighted by Gasteiger charge is -2.35. The predicted molar refractivity (Wildman–Crippen MR) is 126 cm³/mol. The molecule has 1 N–H and O–H groups in total. The molecule has 0 aromatic heterocycles. The Morgan fingerprint density at radius 1 is 1.18 bits per heavy atom. The number of hydrogen-bond donors (Lipinski definition) is 1. The highest BCUT2D eigenvalue weighted by molar-refractivity contribution is 7.92. The van der Waals surface area contributed by atoms with Gasteiger partial charge in [-0.05, 0) is 54.5 Å². The molecule has 2 atom stereocenters. The van der Waals surface area contributed by atoms with E-state index in [0.29, 0.717) is 13.0 Å². The number of benzene rings is 2. The van der Waals surface area contributed by atoms with Crippen LogP contribution in [0.3, 0.4) is 0 Å². The van der Waals surface area contributed by atoms with Crippen molar-refractivity contribution in [1.29, 1.82) is 0 Å². The second-order valence-corrected chi connectivity index (χ2v) is 11.3. The van der Waals surface area contributed by atoms with Gasteiger partial charge in [0.2, 0.25) is 5.66 Å². The summed E-state index contributed by atoms with van der Waals surface area (Å²) in [5.41, 5.74) is -0.197. The number of sulfonamides is 1. The molecule has 10 heteroatoms. The minimum absolute atomic E-state index is 0.0102. The first-order chi connectivity index (χ1) is 15.5. The van der Waals surface area contributed by atoms with Gasteiger partial charge in [-0.25, -0.2) is 17.8 Å². The second kappa shape index (κ2) is 8.77. The molecule has 0 bridgehead atoms. The topological polar surface area (TPSA) is 92.5 Å². The fourth-order valence-electron chi connectivity index (χ4n) is 4.03. The molecule has 0 aliphatic carbocycles. The smallest absolute Gasteiger partial charge is 0.261 e. The summed E-state index contributed by atoms with van der Waals surface area (Å²) in [5.74, 6) is -0.764. The molecule has 0 spiro atoms. The predicted octanol–water partition coefficient (Wildman–Crippen LogP) is 5.79. The van der Waals surface area contributed by atoms with Gasteiger partial charge < -0.3 is 4.74 Å². The number of aliphatic imine (C=N–C) groups is 1. The molecule has 0 amide bonds. The van der Waals surface area contributed by atoms with Gasteiger partial charge in [-0.3, -0.25) is 4.72 Å². The highest BCUT2D eigenvalue weighted by Gasteiger charge is 2.46. The molecule has 0 saturated carbocycles. The first-order valence-corrected chi connectivity index (χ1v) is 12.6. The van der Waals surface area contributed by atoms with Crippen LogP contribution in [0.1, 0.15) is 51.2 Å². The number of ether oxygens (including phenoxy) is 1. The molecule has 7 nitrogen and oxygen atoms in total. The van der Waals surface area contributed by atoms with Crippen LogP contribution in [-0.2, 0) is 25.8 Å². The summed E-state index contributed by atoms with van der Waals surface area (Å²) in [4.78, 5) is 4.49. The standard InChI is InChI=1S/C23H26ClFN4O3S/c1-22(2,3)15-7-9-16(10-8-15)33(30,31)28-20-13-19(25)18(24)12-17(20)23(26-14-27-29-23)21-6-4-5-11-32-21/h7-10,12-14,21,28H,4-6,11H2,1-3H3. The van der Waals surface area contributed by atoms with E-state index in [1.54, 1.807) is 12.1 Å². The van der Waals surface area contributed by atoms with Gasteiger partial charge in [0, 0.05) is 12.2 Å². The molecule has 176 valence electrons. The Morgan fingerprint density at radius 2 is 1.91 bits per heavy atom. The number of nitrogens with one attached hydrogen (secondary N) is 1. The van der Waals surface area contributed by atoms with Gasteiger partial charge in [-0.15, -0.1) is 10.2 Å². The van der Waals surface area contributed by atoms with Crippen LogP contribution < -0.4 is 4.72 Å². The Kier molecular flexibility index (Phi) is 6.32. The van der Waals surface area contributed by atoms with Crippen molar-refractivity contribution in [3.8, 4) is 0 Å². The summed E-state index contributed by atoms with van der Waals surface area (Å²) < 4.78 is 49.4. The maximum Gasteiger partial charge on any atom is 0.261 e. The van der Waals surface area contributed by atoms with Crippen LogP contribution in [0, 0.1) is 5.82 Å². The Bertz CT molecular complexity index is 1190. The van der Waals surface area contributed by atoms with Gasteiger partial charge in [0.05, 0.1) is 15.6 Å². The number of hydrogen-bond acceptors (Lipinski definition) is 6. The molecule has 2 aromatic carbocycles. The zero-order valence-corrected chi connectivity index (χ0v) is 20.3. The van der Waals surface area contributed by atoms with Crippen LogP contribution in [-0.4, -0.2) is 27.5 Å². The Hall–Kier alpha value is -2.36. The lowest BCUT2D eigenvalue weighted by molar-refractivity contribution is -0.0314. The van der Waals surface area contributed by atoms with Gasteiger partial charge in [-0.2, -0.15) is 0 Å². The van der Waals surface area contributed by atoms with Crippen LogP contribution in [0.25, 0.3) is 0 Å². The molecular formula is C23H26ClFN4O3S. The summed E-state index contributed by atoms with van der Waals surface area (Å²) >= 11 is 6.10. The second-order valence-electron chi connectivity index (χ2n) is 9.23. The summed E-state index contributed by atoms with van der Waals surface area (Å²) in [6.07, 6.45) is 3.25. The fraction of sp³-hybridized carbons (Fsp3) is 0.435. The van der Waals surface area contributed by atoms with Crippen molar-refractivity contribution < 1.29 is 17.5 Å². The van der Waals surface area contributed by atoms with E-state index in [4.69, 9.17) is 16.3 Å². The quantitative estimate of drug-likeness (QED) is 0.572. The molecule has 1 saturated heterocycles. The van der Waals surface area contributed by atoms with Crippen molar-refractivity contribution in [1.82, 2.24) is 0 Å². The SMILES string of the molecule is CC(C)(C)c1ccc(S(=O)(=O)Nc2cc(F)c(Cl)cc2C2(C3CCCCO3)N=CN=N2)cc1. The number of rotatable bonds is 5. The van der Waals surface area contributed by atoms with E-state index in [1.165, 1.54) is 24.5 Å². The third-order valence-corrected chi connectivity index (χ3v) is 7.55. The molecule has 2 aromatic rings. The van der Waals surface area contributed by atoms with Crippen molar-refractivity contribution >= 4 is 33.7 Å². The van der Waals surface area contributed by atoms with E-state index in [2.05, 4.69) is 19.9 Å². The number of halogens is 2.